The molecule has 0 amide bonds. The van der Waals surface area contributed by atoms with Crippen molar-refractivity contribution in [2.45, 2.75) is 45.3 Å². The highest BCUT2D eigenvalue weighted by molar-refractivity contribution is 5.77. The van der Waals surface area contributed by atoms with Crippen LogP contribution in [-0.2, 0) is 18.6 Å². The van der Waals surface area contributed by atoms with Crippen LogP contribution in [0.25, 0.3) is 16.9 Å². The highest BCUT2D eigenvalue weighted by atomic mass is 16.3. The summed E-state index contributed by atoms with van der Waals surface area (Å²) in [5.41, 5.74) is 4.26. The fourth-order valence-corrected chi connectivity index (χ4v) is 5.88. The maximum Gasteiger partial charge on any atom is 0.278 e. The van der Waals surface area contributed by atoms with E-state index < -0.39 is 5.60 Å². The van der Waals surface area contributed by atoms with E-state index in [1.165, 1.54) is 11.3 Å². The lowest BCUT2D eigenvalue weighted by molar-refractivity contribution is 0.0306. The lowest BCUT2D eigenvalue weighted by Gasteiger charge is -2.35. The van der Waals surface area contributed by atoms with Crippen LogP contribution >= 0.6 is 0 Å². The normalized spacial score (nSPS) is 19.2. The first-order valence-corrected chi connectivity index (χ1v) is 13.9. The molecular formula is C30H36N8O2. The molecule has 4 heterocycles. The van der Waals surface area contributed by atoms with Crippen molar-refractivity contribution in [2.75, 3.05) is 43.4 Å². The van der Waals surface area contributed by atoms with Gasteiger partial charge in [0.05, 0.1) is 12.2 Å². The standard InChI is InChI=1S/C30H36N8O2/c1-5-13-37-28(39)23-19-31-29(32-22-8-9-24(20(3)18-22)36-16-14-35(4)15-17-36)34-27(23)38(37)25-10-7-21-11-12-30(40,6-2)26(21)33-25/h5,7-10,18-19,40H,1,6,11-17H2,2-4H3,(H,31,32,34)/t30-/m1/s1. The molecule has 10 nitrogen and oxygen atoms in total. The lowest BCUT2D eigenvalue weighted by atomic mass is 9.98. The van der Waals surface area contributed by atoms with Crippen LogP contribution in [0.1, 0.15) is 36.6 Å². The molecule has 6 rings (SSSR count). The summed E-state index contributed by atoms with van der Waals surface area (Å²) in [6.45, 7) is 12.3. The number of pyridine rings is 1. The Morgan fingerprint density at radius 2 is 1.95 bits per heavy atom. The highest BCUT2D eigenvalue weighted by Crippen LogP contribution is 2.38. The van der Waals surface area contributed by atoms with E-state index in [2.05, 4.69) is 52.8 Å². The SMILES string of the molecule is C=CCn1c(=O)c2cnc(Nc3ccc(N4CCN(C)CC4)c(C)c3)nc2n1-c1ccc2c(n1)[C@@](O)(CC)CC2. The number of hydrogen-bond donors (Lipinski definition) is 2. The fourth-order valence-electron chi connectivity index (χ4n) is 5.88. The number of fused-ring (bicyclic) bond motifs is 2. The zero-order valence-electron chi connectivity index (χ0n) is 23.4. The second-order valence-electron chi connectivity index (χ2n) is 10.9. The molecule has 0 radical (unpaired) electrons. The third kappa shape index (κ3) is 4.47. The monoisotopic (exact) mass is 540 g/mol. The van der Waals surface area contributed by atoms with Crippen LogP contribution < -0.4 is 15.8 Å². The van der Waals surface area contributed by atoms with E-state index in [0.717, 1.165) is 43.9 Å². The Morgan fingerprint density at radius 1 is 1.15 bits per heavy atom. The summed E-state index contributed by atoms with van der Waals surface area (Å²) in [4.78, 5) is 32.2. The number of aryl methyl sites for hydroxylation is 2. The van der Waals surface area contributed by atoms with Gasteiger partial charge in [-0.1, -0.05) is 19.1 Å². The van der Waals surface area contributed by atoms with Crippen molar-refractivity contribution in [3.8, 4) is 5.82 Å². The number of allylic oxidation sites excluding steroid dienone is 1. The topological polar surface area (TPSA) is 104 Å². The number of benzene rings is 1. The van der Waals surface area contributed by atoms with E-state index in [0.29, 0.717) is 41.3 Å². The van der Waals surface area contributed by atoms with Crippen molar-refractivity contribution in [3.05, 3.63) is 76.4 Å². The van der Waals surface area contributed by atoms with Gasteiger partial charge < -0.3 is 20.2 Å². The summed E-state index contributed by atoms with van der Waals surface area (Å²) in [5, 5.41) is 14.9. The van der Waals surface area contributed by atoms with Gasteiger partial charge >= 0.3 is 0 Å². The number of aliphatic hydroxyl groups is 1. The van der Waals surface area contributed by atoms with Crippen molar-refractivity contribution in [2.24, 2.45) is 0 Å². The van der Waals surface area contributed by atoms with Crippen molar-refractivity contribution in [3.63, 3.8) is 0 Å². The zero-order chi connectivity index (χ0) is 28.0. The minimum Gasteiger partial charge on any atom is -0.384 e. The van der Waals surface area contributed by atoms with Crippen LogP contribution in [0.15, 0.2) is 54.0 Å². The van der Waals surface area contributed by atoms with Gasteiger partial charge in [-0.15, -0.1) is 6.58 Å². The molecule has 4 aromatic rings. The van der Waals surface area contributed by atoms with Crippen LogP contribution in [-0.4, -0.2) is 67.5 Å². The molecule has 10 heteroatoms. The van der Waals surface area contributed by atoms with Crippen molar-refractivity contribution in [1.29, 1.82) is 0 Å². The number of aromatic nitrogens is 5. The second kappa shape index (κ2) is 10.2. The summed E-state index contributed by atoms with van der Waals surface area (Å²) in [6.07, 6.45) is 5.23. The smallest absolute Gasteiger partial charge is 0.278 e. The number of nitrogens with zero attached hydrogens (tertiary/aromatic N) is 7. The average molecular weight is 541 g/mol. The molecule has 2 aliphatic rings. The molecule has 1 aliphatic heterocycles. The maximum absolute atomic E-state index is 13.4. The Balaban J connectivity index is 1.38. The molecule has 0 saturated carbocycles. The van der Waals surface area contributed by atoms with Crippen molar-refractivity contribution in [1.82, 2.24) is 29.2 Å². The number of rotatable bonds is 7. The summed E-state index contributed by atoms with van der Waals surface area (Å²) >= 11 is 0. The van der Waals surface area contributed by atoms with E-state index >= 15 is 0 Å². The van der Waals surface area contributed by atoms with Crippen molar-refractivity contribution >= 4 is 28.4 Å². The third-order valence-corrected chi connectivity index (χ3v) is 8.29. The molecule has 1 saturated heterocycles. The first-order valence-electron chi connectivity index (χ1n) is 13.9. The van der Waals surface area contributed by atoms with E-state index in [9.17, 15) is 9.90 Å². The summed E-state index contributed by atoms with van der Waals surface area (Å²) in [6, 6.07) is 10.2. The predicted octanol–water partition coefficient (Wildman–Crippen LogP) is 3.51. The van der Waals surface area contributed by atoms with Crippen LogP contribution in [0.3, 0.4) is 0 Å². The van der Waals surface area contributed by atoms with Gasteiger partial charge in [0, 0.05) is 43.8 Å². The van der Waals surface area contributed by atoms with Crippen LogP contribution in [0.2, 0.25) is 0 Å². The molecule has 1 aliphatic carbocycles. The van der Waals surface area contributed by atoms with Gasteiger partial charge in [0.25, 0.3) is 5.56 Å². The number of piperazine rings is 1. The second-order valence-corrected chi connectivity index (χ2v) is 10.9. The van der Waals surface area contributed by atoms with Crippen LogP contribution in [0.5, 0.6) is 0 Å². The fraction of sp³-hybridized carbons (Fsp3) is 0.400. The third-order valence-electron chi connectivity index (χ3n) is 8.29. The lowest BCUT2D eigenvalue weighted by Crippen LogP contribution is -2.44. The molecule has 1 atom stereocenters. The van der Waals surface area contributed by atoms with Gasteiger partial charge in [0.1, 0.15) is 11.0 Å². The van der Waals surface area contributed by atoms with Crippen LogP contribution in [0, 0.1) is 6.92 Å². The Morgan fingerprint density at radius 3 is 2.67 bits per heavy atom. The quantitative estimate of drug-likeness (QED) is 0.343. The van der Waals surface area contributed by atoms with Gasteiger partial charge in [-0.25, -0.2) is 19.3 Å². The maximum atomic E-state index is 13.4. The Labute approximate surface area is 233 Å². The Hall–Kier alpha value is -4.02. The van der Waals surface area contributed by atoms with E-state index in [4.69, 9.17) is 9.97 Å². The average Bonchev–Trinajstić information content (AvgIpc) is 3.43. The molecular weight excluding hydrogens is 504 g/mol. The minimum absolute atomic E-state index is 0.220. The van der Waals surface area contributed by atoms with Gasteiger partial charge in [-0.2, -0.15) is 4.98 Å². The molecule has 0 spiro atoms. The molecule has 0 bridgehead atoms. The summed E-state index contributed by atoms with van der Waals surface area (Å²) < 4.78 is 3.27. The van der Waals surface area contributed by atoms with Crippen LogP contribution in [0.4, 0.5) is 17.3 Å². The molecule has 3 aromatic heterocycles. The van der Waals surface area contributed by atoms with E-state index in [1.807, 2.05) is 25.1 Å². The molecule has 2 N–H and O–H groups in total. The van der Waals surface area contributed by atoms with Gasteiger partial charge in [-0.3, -0.25) is 4.79 Å². The first kappa shape index (κ1) is 26.2. The highest BCUT2D eigenvalue weighted by Gasteiger charge is 2.37. The first-order chi connectivity index (χ1) is 19.3. The Kier molecular flexibility index (Phi) is 6.67. The minimum atomic E-state index is -0.965. The molecule has 1 fully saturated rings. The summed E-state index contributed by atoms with van der Waals surface area (Å²) in [5.74, 6) is 0.911. The van der Waals surface area contributed by atoms with E-state index in [-0.39, 0.29) is 12.1 Å². The van der Waals surface area contributed by atoms with Gasteiger partial charge in [-0.05, 0) is 68.6 Å². The molecule has 0 unspecified atom stereocenters. The summed E-state index contributed by atoms with van der Waals surface area (Å²) in [7, 11) is 2.16. The predicted molar refractivity (Wildman–Crippen MR) is 158 cm³/mol. The Bertz CT molecular complexity index is 1650. The largest absolute Gasteiger partial charge is 0.384 e. The molecule has 1 aromatic carbocycles. The number of hydrogen-bond acceptors (Lipinski definition) is 8. The number of nitrogens with one attached hydrogen (secondary N) is 1. The van der Waals surface area contributed by atoms with Crippen molar-refractivity contribution < 1.29 is 5.11 Å². The number of anilines is 3. The van der Waals surface area contributed by atoms with Gasteiger partial charge in [0.2, 0.25) is 5.95 Å². The number of likely N-dealkylation sites (N-methyl/N-ethyl adjacent to an activating group) is 1. The molecule has 40 heavy (non-hydrogen) atoms. The van der Waals surface area contributed by atoms with E-state index in [1.54, 1.807) is 21.6 Å². The zero-order valence-corrected chi connectivity index (χ0v) is 23.4. The molecule has 208 valence electrons. The van der Waals surface area contributed by atoms with Gasteiger partial charge in [0.15, 0.2) is 11.5 Å².